The number of unbranched alkanes of at least 4 members (excludes halogenated alkanes) is 1. The maximum Gasteiger partial charge on any atom is 0.186 e. The molecule has 0 spiro atoms. The van der Waals surface area contributed by atoms with Crippen molar-refractivity contribution in [3.63, 3.8) is 0 Å². The highest BCUT2D eigenvalue weighted by Crippen LogP contribution is 2.32. The minimum atomic E-state index is -0.111. The van der Waals surface area contributed by atoms with Crippen LogP contribution < -0.4 is 4.94 Å². The Morgan fingerprint density at radius 3 is 2.35 bits per heavy atom. The molecule has 0 aromatic heterocycles. The summed E-state index contributed by atoms with van der Waals surface area (Å²) in [5, 5.41) is 0. The van der Waals surface area contributed by atoms with Gasteiger partial charge in [0, 0.05) is 16.6 Å². The topological polar surface area (TPSA) is 29.5 Å². The van der Waals surface area contributed by atoms with E-state index in [0.29, 0.717) is 12.8 Å². The monoisotopic (exact) mass is 323 g/mol. The van der Waals surface area contributed by atoms with Gasteiger partial charge in [-0.3, -0.25) is 14.6 Å². The lowest BCUT2D eigenvalue weighted by atomic mass is 9.84. The molecule has 1 rings (SSSR count). The molecule has 1 aromatic rings. The van der Waals surface area contributed by atoms with Crippen LogP contribution in [0.3, 0.4) is 0 Å². The van der Waals surface area contributed by atoms with Gasteiger partial charge < -0.3 is 0 Å². The SMILES string of the molecule is CCCCN(CCC)Cc1cc(C(C)(C)C)cc(C=O)c1OF. The predicted molar refractivity (Wildman–Crippen MR) is 92.7 cm³/mol. The van der Waals surface area contributed by atoms with E-state index in [1.807, 2.05) is 6.07 Å². The summed E-state index contributed by atoms with van der Waals surface area (Å²) in [6, 6.07) is 3.69. The lowest BCUT2D eigenvalue weighted by molar-refractivity contribution is -0.00879. The lowest BCUT2D eigenvalue weighted by Crippen LogP contribution is -2.26. The number of aldehydes is 1. The molecule has 0 bridgehead atoms. The standard InChI is InChI=1S/C19H30FNO2/c1-6-8-10-21(9-7-2)13-15-11-17(19(3,4)5)12-16(14-22)18(15)23-20/h11-12,14H,6-10,13H2,1-5H3. The lowest BCUT2D eigenvalue weighted by Gasteiger charge is -2.25. The summed E-state index contributed by atoms with van der Waals surface area (Å²) < 4.78 is 13.1. The van der Waals surface area contributed by atoms with Crippen molar-refractivity contribution in [2.75, 3.05) is 13.1 Å². The fourth-order valence-electron chi connectivity index (χ4n) is 2.65. The fourth-order valence-corrected chi connectivity index (χ4v) is 2.65. The van der Waals surface area contributed by atoms with Crippen LogP contribution in [0.4, 0.5) is 4.53 Å². The van der Waals surface area contributed by atoms with Gasteiger partial charge in [0.15, 0.2) is 12.0 Å². The Labute approximate surface area is 139 Å². The van der Waals surface area contributed by atoms with Crippen molar-refractivity contribution in [2.45, 2.75) is 65.8 Å². The van der Waals surface area contributed by atoms with E-state index in [4.69, 9.17) is 0 Å². The minimum absolute atomic E-state index is 0.0607. The first-order chi connectivity index (χ1) is 10.9. The zero-order chi connectivity index (χ0) is 17.5. The predicted octanol–water partition coefficient (Wildman–Crippen LogP) is 5.07. The van der Waals surface area contributed by atoms with Crippen molar-refractivity contribution in [3.8, 4) is 5.75 Å². The van der Waals surface area contributed by atoms with E-state index >= 15 is 0 Å². The highest BCUT2D eigenvalue weighted by atomic mass is 19.3. The largest absolute Gasteiger partial charge is 0.299 e. The Bertz CT molecular complexity index is 509. The Hall–Kier alpha value is -1.42. The first-order valence-electron chi connectivity index (χ1n) is 8.50. The number of hydrogen-bond donors (Lipinski definition) is 0. The maximum absolute atomic E-state index is 13.1. The van der Waals surface area contributed by atoms with E-state index in [9.17, 15) is 9.32 Å². The first kappa shape index (κ1) is 19.6. The second-order valence-electron chi connectivity index (χ2n) is 7.13. The molecule has 0 atom stereocenters. The maximum atomic E-state index is 13.1. The van der Waals surface area contributed by atoms with Gasteiger partial charge in [-0.1, -0.05) is 47.1 Å². The van der Waals surface area contributed by atoms with Crippen LogP contribution in [0.1, 0.15) is 75.4 Å². The van der Waals surface area contributed by atoms with Crippen molar-refractivity contribution in [3.05, 3.63) is 28.8 Å². The van der Waals surface area contributed by atoms with Crippen molar-refractivity contribution < 1.29 is 14.3 Å². The number of benzene rings is 1. The van der Waals surface area contributed by atoms with E-state index in [0.717, 1.165) is 43.5 Å². The molecule has 0 aliphatic rings. The Balaban J connectivity index is 3.22. The number of carbonyl (C=O) groups is 1. The molecule has 0 N–H and O–H groups in total. The number of nitrogens with zero attached hydrogens (tertiary/aromatic N) is 1. The molecule has 0 saturated carbocycles. The average molecular weight is 323 g/mol. The molecule has 0 amide bonds. The van der Waals surface area contributed by atoms with Gasteiger partial charge in [-0.05, 0) is 43.0 Å². The number of halogens is 1. The molecule has 0 fully saturated rings. The molecule has 0 aliphatic carbocycles. The molecule has 0 saturated heterocycles. The van der Waals surface area contributed by atoms with Gasteiger partial charge in [0.2, 0.25) is 0 Å². The summed E-state index contributed by atoms with van der Waals surface area (Å²) in [5.41, 5.74) is 1.93. The van der Waals surface area contributed by atoms with E-state index in [1.54, 1.807) is 6.07 Å². The molecule has 0 aliphatic heterocycles. The average Bonchev–Trinajstić information content (AvgIpc) is 2.51. The molecule has 4 heteroatoms. The molecule has 23 heavy (non-hydrogen) atoms. The van der Waals surface area contributed by atoms with Crippen LogP contribution in [-0.4, -0.2) is 24.3 Å². The van der Waals surface area contributed by atoms with Gasteiger partial charge in [0.1, 0.15) is 0 Å². The molecular formula is C19H30FNO2. The Morgan fingerprint density at radius 1 is 1.17 bits per heavy atom. The smallest absolute Gasteiger partial charge is 0.186 e. The molecule has 3 nitrogen and oxygen atoms in total. The van der Waals surface area contributed by atoms with E-state index < -0.39 is 0 Å². The van der Waals surface area contributed by atoms with E-state index in [-0.39, 0.29) is 16.7 Å². The third-order valence-corrected chi connectivity index (χ3v) is 4.03. The van der Waals surface area contributed by atoms with Crippen molar-refractivity contribution in [1.82, 2.24) is 4.90 Å². The van der Waals surface area contributed by atoms with Gasteiger partial charge in [0.05, 0.1) is 5.56 Å². The quantitative estimate of drug-likeness (QED) is 0.594. The van der Waals surface area contributed by atoms with Crippen LogP contribution in [0, 0.1) is 0 Å². The second-order valence-corrected chi connectivity index (χ2v) is 7.13. The zero-order valence-corrected chi connectivity index (χ0v) is 15.1. The Kier molecular flexibility index (Phi) is 7.69. The zero-order valence-electron chi connectivity index (χ0n) is 15.1. The normalized spacial score (nSPS) is 11.8. The van der Waals surface area contributed by atoms with Crippen LogP contribution >= 0.6 is 0 Å². The van der Waals surface area contributed by atoms with Gasteiger partial charge in [-0.25, -0.2) is 0 Å². The van der Waals surface area contributed by atoms with Crippen LogP contribution in [0.5, 0.6) is 5.75 Å². The first-order valence-corrected chi connectivity index (χ1v) is 8.50. The highest BCUT2D eigenvalue weighted by Gasteiger charge is 2.21. The van der Waals surface area contributed by atoms with Crippen LogP contribution in [0.25, 0.3) is 0 Å². The summed E-state index contributed by atoms with van der Waals surface area (Å²) >= 11 is 0. The molecule has 130 valence electrons. The summed E-state index contributed by atoms with van der Waals surface area (Å²) in [5.74, 6) is 0.0607. The van der Waals surface area contributed by atoms with E-state index in [1.165, 1.54) is 0 Å². The summed E-state index contributed by atoms with van der Waals surface area (Å²) in [6.45, 7) is 13.0. The third kappa shape index (κ3) is 5.61. The summed E-state index contributed by atoms with van der Waals surface area (Å²) in [4.78, 5) is 17.7. The number of hydrogen-bond acceptors (Lipinski definition) is 3. The summed E-state index contributed by atoms with van der Waals surface area (Å²) in [6.07, 6.45) is 3.93. The molecular weight excluding hydrogens is 293 g/mol. The highest BCUT2D eigenvalue weighted by molar-refractivity contribution is 5.81. The second kappa shape index (κ2) is 9.02. The molecule has 0 radical (unpaired) electrons. The van der Waals surface area contributed by atoms with Crippen LogP contribution in [0.2, 0.25) is 0 Å². The summed E-state index contributed by atoms with van der Waals surface area (Å²) in [7, 11) is 0. The Morgan fingerprint density at radius 2 is 1.87 bits per heavy atom. The van der Waals surface area contributed by atoms with Crippen molar-refractivity contribution in [2.24, 2.45) is 0 Å². The number of rotatable bonds is 9. The minimum Gasteiger partial charge on any atom is -0.299 e. The van der Waals surface area contributed by atoms with Crippen molar-refractivity contribution in [1.29, 1.82) is 0 Å². The molecule has 1 aromatic carbocycles. The number of carbonyl (C=O) groups excluding carboxylic acids is 1. The van der Waals surface area contributed by atoms with Gasteiger partial charge in [0.25, 0.3) is 0 Å². The van der Waals surface area contributed by atoms with Gasteiger partial charge >= 0.3 is 0 Å². The van der Waals surface area contributed by atoms with Crippen LogP contribution in [-0.2, 0) is 12.0 Å². The third-order valence-electron chi connectivity index (χ3n) is 4.03. The fraction of sp³-hybridized carbons (Fsp3) is 0.632. The van der Waals surface area contributed by atoms with Gasteiger partial charge in [-0.15, -0.1) is 0 Å². The molecule has 0 unspecified atom stereocenters. The van der Waals surface area contributed by atoms with Crippen LogP contribution in [0.15, 0.2) is 12.1 Å². The van der Waals surface area contributed by atoms with E-state index in [2.05, 4.69) is 44.5 Å². The van der Waals surface area contributed by atoms with Crippen molar-refractivity contribution >= 4 is 6.29 Å². The van der Waals surface area contributed by atoms with Gasteiger partial charge in [-0.2, -0.15) is 0 Å². The molecule has 0 heterocycles.